The predicted molar refractivity (Wildman–Crippen MR) is 128 cm³/mol. The van der Waals surface area contributed by atoms with E-state index in [1.165, 1.54) is 76.6 Å². The van der Waals surface area contributed by atoms with E-state index < -0.39 is 0 Å². The molecule has 2 heterocycles. The number of nitrogens with zero attached hydrogens (tertiary/aromatic N) is 3. The van der Waals surface area contributed by atoms with Gasteiger partial charge in [-0.25, -0.2) is 0 Å². The highest BCUT2D eigenvalue weighted by Gasteiger charge is 2.25. The van der Waals surface area contributed by atoms with Crippen LogP contribution >= 0.6 is 0 Å². The zero-order chi connectivity index (χ0) is 21.0. The maximum absolute atomic E-state index is 4.46. The first-order valence-electron chi connectivity index (χ1n) is 12.2. The molecular weight excluding hydrogens is 370 g/mol. The molecule has 2 atom stereocenters. The number of aliphatic imine (C=N–C) groups is 1. The summed E-state index contributed by atoms with van der Waals surface area (Å²) in [6.45, 7) is 9.49. The summed E-state index contributed by atoms with van der Waals surface area (Å²) in [5.41, 5.74) is 1.41. The average molecular weight is 414 g/mol. The molecular formula is C25H43N5. The number of unbranched alkanes of at least 4 members (excludes halogenated alkanes) is 2. The van der Waals surface area contributed by atoms with Crippen molar-refractivity contribution in [1.29, 1.82) is 0 Å². The first-order chi connectivity index (χ1) is 14.7. The monoisotopic (exact) mass is 413 g/mol. The lowest BCUT2D eigenvalue weighted by Gasteiger charge is -2.38. The van der Waals surface area contributed by atoms with Crippen LogP contribution in [0.4, 0.5) is 0 Å². The Kier molecular flexibility index (Phi) is 9.97. The summed E-state index contributed by atoms with van der Waals surface area (Å²) in [5, 5.41) is 7.20. The molecule has 2 saturated heterocycles. The third kappa shape index (κ3) is 7.92. The largest absolute Gasteiger partial charge is 0.356 e. The number of hydrogen-bond acceptors (Lipinski definition) is 3. The molecule has 3 rings (SSSR count). The first-order valence-corrected chi connectivity index (χ1v) is 12.2. The van der Waals surface area contributed by atoms with Gasteiger partial charge in [-0.2, -0.15) is 0 Å². The normalized spacial score (nSPS) is 24.0. The number of likely N-dealkylation sites (tertiary alicyclic amines) is 2. The summed E-state index contributed by atoms with van der Waals surface area (Å²) < 4.78 is 0. The van der Waals surface area contributed by atoms with Crippen LogP contribution in [0.15, 0.2) is 35.3 Å². The first kappa shape index (κ1) is 23.1. The Morgan fingerprint density at radius 1 is 1.03 bits per heavy atom. The molecule has 0 spiro atoms. The van der Waals surface area contributed by atoms with Crippen LogP contribution in [0.5, 0.6) is 0 Å². The molecule has 0 aliphatic carbocycles. The van der Waals surface area contributed by atoms with Crippen LogP contribution in [0.2, 0.25) is 0 Å². The van der Waals surface area contributed by atoms with Gasteiger partial charge >= 0.3 is 0 Å². The molecule has 1 aromatic rings. The van der Waals surface area contributed by atoms with Crippen LogP contribution in [-0.4, -0.2) is 67.6 Å². The molecule has 2 unspecified atom stereocenters. The predicted octanol–water partition coefficient (Wildman–Crippen LogP) is 3.86. The van der Waals surface area contributed by atoms with Crippen molar-refractivity contribution in [2.24, 2.45) is 4.99 Å². The van der Waals surface area contributed by atoms with Crippen LogP contribution in [0, 0.1) is 0 Å². The molecule has 0 aromatic heterocycles. The highest BCUT2D eigenvalue weighted by Crippen LogP contribution is 2.20. The fourth-order valence-electron chi connectivity index (χ4n) is 4.82. The zero-order valence-electron chi connectivity index (χ0n) is 19.3. The topological polar surface area (TPSA) is 42.9 Å². The summed E-state index contributed by atoms with van der Waals surface area (Å²) in [6.07, 6.45) is 10.4. The van der Waals surface area contributed by atoms with Crippen LogP contribution in [0.3, 0.4) is 0 Å². The van der Waals surface area contributed by atoms with Crippen molar-refractivity contribution in [3.05, 3.63) is 35.9 Å². The van der Waals surface area contributed by atoms with E-state index in [1.807, 2.05) is 7.05 Å². The third-order valence-electron chi connectivity index (χ3n) is 6.70. The Bertz CT molecular complexity index is 611. The maximum Gasteiger partial charge on any atom is 0.191 e. The van der Waals surface area contributed by atoms with Crippen LogP contribution in [0.25, 0.3) is 0 Å². The summed E-state index contributed by atoms with van der Waals surface area (Å²) >= 11 is 0. The number of piperidine rings is 2. The molecule has 2 N–H and O–H groups in total. The highest BCUT2D eigenvalue weighted by atomic mass is 15.2. The second kappa shape index (κ2) is 13.0. The van der Waals surface area contributed by atoms with E-state index in [0.717, 1.165) is 25.6 Å². The van der Waals surface area contributed by atoms with Gasteiger partial charge in [0.15, 0.2) is 5.96 Å². The molecule has 0 radical (unpaired) electrons. The van der Waals surface area contributed by atoms with E-state index in [2.05, 4.69) is 62.7 Å². The van der Waals surface area contributed by atoms with Crippen molar-refractivity contribution < 1.29 is 0 Å². The standard InChI is InChI=1S/C25H43N5/c1-22-20-24(14-19-30(22)21-23-12-6-3-7-13-23)28-25(26-2)27-15-8-4-9-16-29-17-10-5-11-18-29/h3,6-7,12-13,22,24H,4-5,8-11,14-21H2,1-2H3,(H2,26,27,28). The second-order valence-electron chi connectivity index (χ2n) is 9.13. The number of nitrogens with one attached hydrogen (secondary N) is 2. The number of hydrogen-bond donors (Lipinski definition) is 2. The second-order valence-corrected chi connectivity index (χ2v) is 9.13. The van der Waals surface area contributed by atoms with E-state index in [1.54, 1.807) is 0 Å². The fourth-order valence-corrected chi connectivity index (χ4v) is 4.82. The molecule has 30 heavy (non-hydrogen) atoms. The minimum Gasteiger partial charge on any atom is -0.356 e. The van der Waals surface area contributed by atoms with Crippen molar-refractivity contribution in [1.82, 2.24) is 20.4 Å². The lowest BCUT2D eigenvalue weighted by molar-refractivity contribution is 0.134. The Balaban J connectivity index is 1.28. The van der Waals surface area contributed by atoms with E-state index in [0.29, 0.717) is 12.1 Å². The Labute approximate surface area is 184 Å². The zero-order valence-corrected chi connectivity index (χ0v) is 19.3. The summed E-state index contributed by atoms with van der Waals surface area (Å²) in [6, 6.07) is 11.9. The van der Waals surface area contributed by atoms with E-state index in [9.17, 15) is 0 Å². The van der Waals surface area contributed by atoms with E-state index >= 15 is 0 Å². The molecule has 5 nitrogen and oxygen atoms in total. The van der Waals surface area contributed by atoms with Crippen LogP contribution in [0.1, 0.15) is 63.9 Å². The van der Waals surface area contributed by atoms with E-state index in [-0.39, 0.29) is 0 Å². The number of guanidine groups is 1. The van der Waals surface area contributed by atoms with Crippen LogP contribution in [-0.2, 0) is 6.54 Å². The van der Waals surface area contributed by atoms with Crippen molar-refractivity contribution in [3.8, 4) is 0 Å². The van der Waals surface area contributed by atoms with Crippen molar-refractivity contribution >= 4 is 5.96 Å². The Hall–Kier alpha value is -1.59. The molecule has 1 aromatic carbocycles. The van der Waals surface area contributed by atoms with E-state index in [4.69, 9.17) is 0 Å². The Morgan fingerprint density at radius 3 is 2.57 bits per heavy atom. The summed E-state index contributed by atoms with van der Waals surface area (Å²) in [4.78, 5) is 9.70. The summed E-state index contributed by atoms with van der Waals surface area (Å²) in [7, 11) is 1.89. The van der Waals surface area contributed by atoms with Gasteiger partial charge in [0.25, 0.3) is 0 Å². The van der Waals surface area contributed by atoms with Gasteiger partial charge in [-0.15, -0.1) is 0 Å². The SMILES string of the molecule is CN=C(NCCCCCN1CCCCC1)NC1CCN(Cc2ccccc2)C(C)C1. The van der Waals surface area contributed by atoms with Gasteiger partial charge in [-0.1, -0.05) is 43.2 Å². The quantitative estimate of drug-likeness (QED) is 0.366. The molecule has 0 bridgehead atoms. The highest BCUT2D eigenvalue weighted by molar-refractivity contribution is 5.79. The number of rotatable bonds is 9. The minimum atomic E-state index is 0.511. The lowest BCUT2D eigenvalue weighted by atomic mass is 9.97. The van der Waals surface area contributed by atoms with Gasteiger partial charge in [0.05, 0.1) is 0 Å². The molecule has 168 valence electrons. The molecule has 2 aliphatic rings. The number of benzene rings is 1. The van der Waals surface area contributed by atoms with Gasteiger partial charge in [-0.05, 0) is 70.6 Å². The minimum absolute atomic E-state index is 0.511. The van der Waals surface area contributed by atoms with Crippen molar-refractivity contribution in [2.45, 2.75) is 76.9 Å². The average Bonchev–Trinajstić information content (AvgIpc) is 2.78. The van der Waals surface area contributed by atoms with Gasteiger partial charge in [0.2, 0.25) is 0 Å². The van der Waals surface area contributed by atoms with Gasteiger partial charge in [0, 0.05) is 38.8 Å². The van der Waals surface area contributed by atoms with Crippen molar-refractivity contribution in [3.63, 3.8) is 0 Å². The smallest absolute Gasteiger partial charge is 0.191 e. The maximum atomic E-state index is 4.46. The molecule has 2 fully saturated rings. The molecule has 2 aliphatic heterocycles. The van der Waals surface area contributed by atoms with Crippen LogP contribution < -0.4 is 10.6 Å². The Morgan fingerprint density at radius 2 is 1.83 bits per heavy atom. The summed E-state index contributed by atoms with van der Waals surface area (Å²) in [5.74, 6) is 0.972. The van der Waals surface area contributed by atoms with Crippen molar-refractivity contribution in [2.75, 3.05) is 39.8 Å². The third-order valence-corrected chi connectivity index (χ3v) is 6.70. The fraction of sp³-hybridized carbons (Fsp3) is 0.720. The lowest BCUT2D eigenvalue weighted by Crippen LogP contribution is -2.51. The molecule has 0 saturated carbocycles. The van der Waals surface area contributed by atoms with Gasteiger partial charge in [0.1, 0.15) is 0 Å². The van der Waals surface area contributed by atoms with Gasteiger partial charge < -0.3 is 15.5 Å². The van der Waals surface area contributed by atoms with Gasteiger partial charge in [-0.3, -0.25) is 9.89 Å². The molecule has 0 amide bonds. The molecule has 5 heteroatoms.